The quantitative estimate of drug-likeness (QED) is 0.261. The minimum absolute atomic E-state index is 0. The number of imidazole rings is 1. The SMILES string of the molecule is Cc1nc2c(OCc3ccc(-c4ccc(F)cc4)cc3)cccn2c1-c1ccc2c(=O)n(C)oc2c1.Cl. The highest BCUT2D eigenvalue weighted by molar-refractivity contribution is 5.85. The van der Waals surface area contributed by atoms with Crippen molar-refractivity contribution in [3.8, 4) is 28.1 Å². The van der Waals surface area contributed by atoms with E-state index in [4.69, 9.17) is 14.2 Å². The summed E-state index contributed by atoms with van der Waals surface area (Å²) < 4.78 is 28.2. The van der Waals surface area contributed by atoms with Gasteiger partial charge in [0, 0.05) is 18.8 Å². The second-order valence-corrected chi connectivity index (χ2v) is 8.71. The zero-order valence-corrected chi connectivity index (χ0v) is 21.0. The predicted molar refractivity (Wildman–Crippen MR) is 144 cm³/mol. The zero-order chi connectivity index (χ0) is 24.8. The molecule has 0 radical (unpaired) electrons. The van der Waals surface area contributed by atoms with Crippen LogP contribution in [0.15, 0.2) is 94.4 Å². The van der Waals surface area contributed by atoms with Crippen LogP contribution in [0.1, 0.15) is 11.3 Å². The summed E-state index contributed by atoms with van der Waals surface area (Å²) in [7, 11) is 1.60. The maximum Gasteiger partial charge on any atom is 0.290 e. The van der Waals surface area contributed by atoms with Gasteiger partial charge in [0.25, 0.3) is 5.56 Å². The number of hydrogen-bond donors (Lipinski definition) is 0. The van der Waals surface area contributed by atoms with Gasteiger partial charge in [0.1, 0.15) is 12.4 Å². The van der Waals surface area contributed by atoms with Crippen LogP contribution in [0.5, 0.6) is 5.75 Å². The Bertz CT molecular complexity index is 1780. The number of hydrogen-bond acceptors (Lipinski definition) is 4. The van der Waals surface area contributed by atoms with Gasteiger partial charge in [-0.2, -0.15) is 4.74 Å². The molecule has 3 heterocycles. The molecule has 8 heteroatoms. The summed E-state index contributed by atoms with van der Waals surface area (Å²) in [6.45, 7) is 2.33. The molecule has 0 amide bonds. The maximum absolute atomic E-state index is 13.2. The summed E-state index contributed by atoms with van der Waals surface area (Å²) >= 11 is 0. The molecule has 0 bridgehead atoms. The molecular formula is C29H23ClFN3O3. The average Bonchev–Trinajstić information content (AvgIpc) is 3.38. The monoisotopic (exact) mass is 515 g/mol. The summed E-state index contributed by atoms with van der Waals surface area (Å²) in [5.74, 6) is 0.421. The summed E-state index contributed by atoms with van der Waals surface area (Å²) in [6.07, 6.45) is 1.94. The predicted octanol–water partition coefficient (Wildman–Crippen LogP) is 6.56. The Labute approximate surface area is 217 Å². The van der Waals surface area contributed by atoms with Gasteiger partial charge in [-0.25, -0.2) is 9.37 Å². The second-order valence-electron chi connectivity index (χ2n) is 8.71. The number of rotatable bonds is 5. The van der Waals surface area contributed by atoms with Crippen LogP contribution < -0.4 is 10.3 Å². The number of benzene rings is 3. The van der Waals surface area contributed by atoms with Crippen molar-refractivity contribution in [2.45, 2.75) is 13.5 Å². The van der Waals surface area contributed by atoms with Gasteiger partial charge in [-0.1, -0.05) is 42.5 Å². The van der Waals surface area contributed by atoms with Crippen molar-refractivity contribution in [3.05, 3.63) is 112 Å². The first-order valence-electron chi connectivity index (χ1n) is 11.5. The molecule has 0 saturated carbocycles. The van der Waals surface area contributed by atoms with Gasteiger partial charge >= 0.3 is 0 Å². The second kappa shape index (κ2) is 9.59. The number of nitrogens with zero attached hydrogens (tertiary/aromatic N) is 3. The first-order valence-corrected chi connectivity index (χ1v) is 11.5. The van der Waals surface area contributed by atoms with E-state index in [-0.39, 0.29) is 23.8 Å². The number of aryl methyl sites for hydroxylation is 2. The summed E-state index contributed by atoms with van der Waals surface area (Å²) in [6, 6.07) is 23.8. The molecule has 0 aliphatic carbocycles. The van der Waals surface area contributed by atoms with E-state index in [0.717, 1.165) is 33.6 Å². The molecule has 6 aromatic rings. The van der Waals surface area contributed by atoms with Gasteiger partial charge in [-0.15, -0.1) is 12.4 Å². The Morgan fingerprint density at radius 2 is 1.62 bits per heavy atom. The largest absolute Gasteiger partial charge is 0.485 e. The van der Waals surface area contributed by atoms with E-state index in [0.29, 0.717) is 29.0 Å². The van der Waals surface area contributed by atoms with Crippen LogP contribution in [0.2, 0.25) is 0 Å². The molecule has 0 saturated heterocycles. The third kappa shape index (κ3) is 4.38. The minimum atomic E-state index is -0.248. The number of ether oxygens (including phenoxy) is 1. The van der Waals surface area contributed by atoms with Crippen molar-refractivity contribution in [1.29, 1.82) is 0 Å². The molecule has 0 aliphatic rings. The fourth-order valence-corrected chi connectivity index (χ4v) is 4.49. The van der Waals surface area contributed by atoms with Crippen LogP contribution in [0, 0.1) is 12.7 Å². The Hall–Kier alpha value is -4.36. The smallest absolute Gasteiger partial charge is 0.290 e. The van der Waals surface area contributed by atoms with E-state index < -0.39 is 0 Å². The Morgan fingerprint density at radius 3 is 2.35 bits per heavy atom. The Morgan fingerprint density at radius 1 is 0.946 bits per heavy atom. The molecule has 6 nitrogen and oxygen atoms in total. The highest BCUT2D eigenvalue weighted by Crippen LogP contribution is 2.31. The third-order valence-corrected chi connectivity index (χ3v) is 6.32. The van der Waals surface area contributed by atoms with Gasteiger partial charge in [0.2, 0.25) is 0 Å². The lowest BCUT2D eigenvalue weighted by atomic mass is 10.0. The van der Waals surface area contributed by atoms with Crippen molar-refractivity contribution < 1.29 is 13.7 Å². The molecule has 0 N–H and O–H groups in total. The van der Waals surface area contributed by atoms with Crippen LogP contribution in [-0.2, 0) is 13.7 Å². The topological polar surface area (TPSA) is 61.7 Å². The Balaban J connectivity index is 0.00000280. The first-order chi connectivity index (χ1) is 17.5. The molecule has 0 unspecified atom stereocenters. The van der Waals surface area contributed by atoms with Gasteiger partial charge in [0.05, 0.1) is 16.8 Å². The van der Waals surface area contributed by atoms with Gasteiger partial charge in [-0.05, 0) is 60.0 Å². The van der Waals surface area contributed by atoms with Crippen molar-refractivity contribution >= 4 is 29.0 Å². The normalized spacial score (nSPS) is 11.1. The molecule has 0 fully saturated rings. The van der Waals surface area contributed by atoms with Crippen LogP contribution >= 0.6 is 12.4 Å². The highest BCUT2D eigenvalue weighted by atomic mass is 35.5. The molecule has 37 heavy (non-hydrogen) atoms. The standard InChI is InChI=1S/C29H22FN3O3.ClH/c1-18-27(22-11-14-24-26(16-22)36-32(2)29(24)34)33-15-3-4-25(28(33)31-18)35-17-19-5-7-20(8-6-19)21-9-12-23(30)13-10-21;/h3-16H,17H2,1-2H3;1H. The minimum Gasteiger partial charge on any atom is -0.485 e. The van der Waals surface area contributed by atoms with Gasteiger partial charge in [-0.3, -0.25) is 9.20 Å². The van der Waals surface area contributed by atoms with E-state index in [1.165, 1.54) is 16.9 Å². The van der Waals surface area contributed by atoms with Crippen LogP contribution in [0.25, 0.3) is 39.0 Å². The first kappa shape index (κ1) is 24.3. The Kier molecular flexibility index (Phi) is 6.31. The van der Waals surface area contributed by atoms with Crippen LogP contribution in [0.4, 0.5) is 4.39 Å². The number of fused-ring (bicyclic) bond motifs is 2. The number of halogens is 2. The maximum atomic E-state index is 13.2. The van der Waals surface area contributed by atoms with Crippen LogP contribution in [0.3, 0.4) is 0 Å². The molecule has 186 valence electrons. The molecule has 0 aliphatic heterocycles. The highest BCUT2D eigenvalue weighted by Gasteiger charge is 2.16. The fraction of sp³-hybridized carbons (Fsp3) is 0.103. The van der Waals surface area contributed by atoms with E-state index in [9.17, 15) is 9.18 Å². The third-order valence-electron chi connectivity index (χ3n) is 6.32. The molecule has 3 aromatic carbocycles. The molecule has 0 atom stereocenters. The van der Waals surface area contributed by atoms with E-state index >= 15 is 0 Å². The van der Waals surface area contributed by atoms with Gasteiger partial charge < -0.3 is 9.26 Å². The lowest BCUT2D eigenvalue weighted by Crippen LogP contribution is -2.08. The van der Waals surface area contributed by atoms with E-state index in [1.807, 2.05) is 66.1 Å². The fourth-order valence-electron chi connectivity index (χ4n) is 4.49. The summed E-state index contributed by atoms with van der Waals surface area (Å²) in [4.78, 5) is 16.9. The lowest BCUT2D eigenvalue weighted by molar-refractivity contribution is 0.308. The van der Waals surface area contributed by atoms with Crippen molar-refractivity contribution in [3.63, 3.8) is 0 Å². The van der Waals surface area contributed by atoms with Crippen LogP contribution in [-0.4, -0.2) is 14.1 Å². The molecule has 0 spiro atoms. The van der Waals surface area contributed by atoms with Gasteiger partial charge in [0.15, 0.2) is 17.0 Å². The number of aromatic nitrogens is 3. The lowest BCUT2D eigenvalue weighted by Gasteiger charge is -2.09. The van der Waals surface area contributed by atoms with Crippen molar-refractivity contribution in [2.24, 2.45) is 7.05 Å². The van der Waals surface area contributed by atoms with E-state index in [1.54, 1.807) is 25.2 Å². The average molecular weight is 516 g/mol. The zero-order valence-electron chi connectivity index (χ0n) is 20.1. The molecule has 6 rings (SSSR count). The van der Waals surface area contributed by atoms with Crippen molar-refractivity contribution in [1.82, 2.24) is 14.1 Å². The van der Waals surface area contributed by atoms with Crippen molar-refractivity contribution in [2.75, 3.05) is 0 Å². The molecule has 3 aromatic heterocycles. The molecular weight excluding hydrogens is 493 g/mol. The van der Waals surface area contributed by atoms with E-state index in [2.05, 4.69) is 0 Å². The summed E-state index contributed by atoms with van der Waals surface area (Å²) in [5, 5.41) is 0.544. The summed E-state index contributed by atoms with van der Waals surface area (Å²) in [5.41, 5.74) is 6.72. The number of pyridine rings is 1.